The van der Waals surface area contributed by atoms with Crippen LogP contribution in [0.5, 0.6) is 0 Å². The molecule has 4 heteroatoms. The van der Waals surface area contributed by atoms with E-state index in [2.05, 4.69) is 24.4 Å². The second-order valence-corrected chi connectivity index (χ2v) is 6.77. The molecule has 23 heavy (non-hydrogen) atoms. The Bertz CT molecular complexity index is 521. The zero-order chi connectivity index (χ0) is 16.7. The van der Waals surface area contributed by atoms with Gasteiger partial charge in [-0.05, 0) is 30.7 Å². The van der Waals surface area contributed by atoms with Crippen LogP contribution in [0.15, 0.2) is 30.3 Å². The van der Waals surface area contributed by atoms with Crippen molar-refractivity contribution in [2.75, 3.05) is 6.54 Å². The molecule has 2 rings (SSSR count). The van der Waals surface area contributed by atoms with Crippen molar-refractivity contribution in [2.24, 2.45) is 5.41 Å². The van der Waals surface area contributed by atoms with E-state index < -0.39 is 11.4 Å². The summed E-state index contributed by atoms with van der Waals surface area (Å²) in [4.78, 5) is 23.7. The Hall–Kier alpha value is -1.84. The molecule has 126 valence electrons. The number of carbonyl (C=O) groups is 2. The highest BCUT2D eigenvalue weighted by molar-refractivity contribution is 5.79. The van der Waals surface area contributed by atoms with Crippen molar-refractivity contribution >= 4 is 11.9 Å². The molecule has 0 saturated heterocycles. The summed E-state index contributed by atoms with van der Waals surface area (Å²) in [6.45, 7) is 2.38. The first-order valence-corrected chi connectivity index (χ1v) is 8.58. The number of carboxylic acid groups (broad SMARTS) is 1. The zero-order valence-corrected chi connectivity index (χ0v) is 13.9. The average molecular weight is 317 g/mol. The van der Waals surface area contributed by atoms with Crippen LogP contribution in [0.2, 0.25) is 0 Å². The molecule has 1 aliphatic rings. The Morgan fingerprint density at radius 2 is 1.83 bits per heavy atom. The van der Waals surface area contributed by atoms with Gasteiger partial charge in [0.05, 0.1) is 5.41 Å². The zero-order valence-electron chi connectivity index (χ0n) is 13.9. The maximum Gasteiger partial charge on any atom is 0.311 e. The van der Waals surface area contributed by atoms with Crippen molar-refractivity contribution in [1.29, 1.82) is 0 Å². The minimum absolute atomic E-state index is 0.0426. The molecule has 2 N–H and O–H groups in total. The van der Waals surface area contributed by atoms with Crippen molar-refractivity contribution in [3.63, 3.8) is 0 Å². The Kier molecular flexibility index (Phi) is 6.20. The van der Waals surface area contributed by atoms with Crippen LogP contribution in [0, 0.1) is 5.41 Å². The van der Waals surface area contributed by atoms with E-state index in [4.69, 9.17) is 0 Å². The highest BCUT2D eigenvalue weighted by Gasteiger charge is 2.39. The highest BCUT2D eigenvalue weighted by Crippen LogP contribution is 2.36. The number of aliphatic carboxylic acids is 1. The molecule has 1 aliphatic carbocycles. The number of rotatable bonds is 7. The van der Waals surface area contributed by atoms with Crippen LogP contribution in [-0.4, -0.2) is 23.5 Å². The van der Waals surface area contributed by atoms with E-state index in [9.17, 15) is 14.7 Å². The summed E-state index contributed by atoms with van der Waals surface area (Å²) in [5, 5.41) is 12.4. The van der Waals surface area contributed by atoms with E-state index >= 15 is 0 Å². The number of nitrogens with one attached hydrogen (secondary N) is 1. The van der Waals surface area contributed by atoms with Crippen LogP contribution >= 0.6 is 0 Å². The average Bonchev–Trinajstić information content (AvgIpc) is 2.59. The molecule has 0 spiro atoms. The van der Waals surface area contributed by atoms with Gasteiger partial charge in [0.2, 0.25) is 5.91 Å². The molecule has 0 bridgehead atoms. The molecule has 0 aliphatic heterocycles. The third kappa shape index (κ3) is 4.81. The van der Waals surface area contributed by atoms with Gasteiger partial charge < -0.3 is 10.4 Å². The van der Waals surface area contributed by atoms with Gasteiger partial charge in [-0.15, -0.1) is 0 Å². The monoisotopic (exact) mass is 317 g/mol. The minimum Gasteiger partial charge on any atom is -0.481 e. The van der Waals surface area contributed by atoms with Gasteiger partial charge in [0.25, 0.3) is 0 Å². The molecule has 0 heterocycles. The lowest BCUT2D eigenvalue weighted by atomic mass is 9.74. The number of carbonyl (C=O) groups excluding carboxylic acids is 1. The van der Waals surface area contributed by atoms with Gasteiger partial charge in [-0.3, -0.25) is 9.59 Å². The Morgan fingerprint density at radius 3 is 2.43 bits per heavy atom. The molecule has 1 saturated carbocycles. The van der Waals surface area contributed by atoms with Gasteiger partial charge in [-0.2, -0.15) is 0 Å². The van der Waals surface area contributed by atoms with Gasteiger partial charge in [0, 0.05) is 13.0 Å². The first-order valence-electron chi connectivity index (χ1n) is 8.58. The van der Waals surface area contributed by atoms with Gasteiger partial charge in [-0.1, -0.05) is 56.5 Å². The second-order valence-electron chi connectivity index (χ2n) is 6.77. The predicted molar refractivity (Wildman–Crippen MR) is 90.3 cm³/mol. The molecule has 0 radical (unpaired) electrons. The highest BCUT2D eigenvalue weighted by atomic mass is 16.4. The fraction of sp³-hybridized carbons (Fsp3) is 0.579. The lowest BCUT2D eigenvalue weighted by molar-refractivity contribution is -0.151. The molecule has 1 unspecified atom stereocenters. The molecule has 1 atom stereocenters. The number of hydrogen-bond donors (Lipinski definition) is 2. The summed E-state index contributed by atoms with van der Waals surface area (Å²) >= 11 is 0. The van der Waals surface area contributed by atoms with Gasteiger partial charge in [0.1, 0.15) is 0 Å². The molecule has 1 amide bonds. The van der Waals surface area contributed by atoms with Crippen LogP contribution in [0.4, 0.5) is 0 Å². The third-order valence-electron chi connectivity index (χ3n) is 5.06. The first kappa shape index (κ1) is 17.5. The smallest absolute Gasteiger partial charge is 0.311 e. The van der Waals surface area contributed by atoms with Gasteiger partial charge in [0.15, 0.2) is 0 Å². The lowest BCUT2D eigenvalue weighted by Gasteiger charge is -2.33. The van der Waals surface area contributed by atoms with Gasteiger partial charge in [-0.25, -0.2) is 0 Å². The lowest BCUT2D eigenvalue weighted by Crippen LogP contribution is -2.44. The molecule has 4 nitrogen and oxygen atoms in total. The van der Waals surface area contributed by atoms with Crippen LogP contribution in [0.3, 0.4) is 0 Å². The molecule has 1 aromatic carbocycles. The van der Waals surface area contributed by atoms with Crippen molar-refractivity contribution in [3.8, 4) is 0 Å². The summed E-state index contributed by atoms with van der Waals surface area (Å²) in [5.74, 6) is -0.487. The normalized spacial score (nSPS) is 18.1. The van der Waals surface area contributed by atoms with E-state index in [1.165, 1.54) is 5.56 Å². The van der Waals surface area contributed by atoms with E-state index in [1.807, 2.05) is 18.2 Å². The molecular weight excluding hydrogens is 290 g/mol. The second kappa shape index (κ2) is 8.14. The van der Waals surface area contributed by atoms with Gasteiger partial charge >= 0.3 is 5.97 Å². The molecular formula is C19H27NO3. The molecule has 1 fully saturated rings. The maximum atomic E-state index is 12.1. The van der Waals surface area contributed by atoms with Crippen molar-refractivity contribution in [3.05, 3.63) is 35.9 Å². The van der Waals surface area contributed by atoms with Crippen molar-refractivity contribution in [1.82, 2.24) is 5.32 Å². The SMILES string of the molecule is CC(CCC(=O)NCC1(C(=O)O)CCCCC1)c1ccccc1. The first-order chi connectivity index (χ1) is 11.0. The summed E-state index contributed by atoms with van der Waals surface area (Å²) in [6, 6.07) is 10.1. The largest absolute Gasteiger partial charge is 0.481 e. The molecule has 0 aromatic heterocycles. The predicted octanol–water partition coefficient (Wildman–Crippen LogP) is 3.72. The summed E-state index contributed by atoms with van der Waals surface area (Å²) < 4.78 is 0. The third-order valence-corrected chi connectivity index (χ3v) is 5.06. The Labute approximate surface area is 138 Å². The van der Waals surface area contributed by atoms with Crippen molar-refractivity contribution < 1.29 is 14.7 Å². The Morgan fingerprint density at radius 1 is 1.17 bits per heavy atom. The fourth-order valence-corrected chi connectivity index (χ4v) is 3.35. The number of hydrogen-bond acceptors (Lipinski definition) is 2. The fourth-order valence-electron chi connectivity index (χ4n) is 3.35. The number of benzene rings is 1. The van der Waals surface area contributed by atoms with Crippen LogP contribution < -0.4 is 5.32 Å². The standard InChI is InChI=1S/C19H27NO3/c1-15(16-8-4-2-5-9-16)10-11-17(21)20-14-19(18(22)23)12-6-3-7-13-19/h2,4-5,8-9,15H,3,6-7,10-14H2,1H3,(H,20,21)(H,22,23). The maximum absolute atomic E-state index is 12.1. The topological polar surface area (TPSA) is 66.4 Å². The molecule has 1 aromatic rings. The minimum atomic E-state index is -0.768. The number of carboxylic acids is 1. The summed E-state index contributed by atoms with van der Waals surface area (Å²) in [7, 11) is 0. The quantitative estimate of drug-likeness (QED) is 0.805. The summed E-state index contributed by atoms with van der Waals surface area (Å²) in [5.41, 5.74) is 0.480. The number of amides is 1. The Balaban J connectivity index is 1.79. The van der Waals surface area contributed by atoms with Crippen molar-refractivity contribution in [2.45, 2.75) is 57.8 Å². The van der Waals surface area contributed by atoms with Crippen LogP contribution in [-0.2, 0) is 9.59 Å². The van der Waals surface area contributed by atoms with E-state index in [0.29, 0.717) is 25.2 Å². The van der Waals surface area contributed by atoms with Crippen LogP contribution in [0.1, 0.15) is 63.4 Å². The summed E-state index contributed by atoms with van der Waals surface area (Å²) in [6.07, 6.45) is 5.52. The van der Waals surface area contributed by atoms with Crippen LogP contribution in [0.25, 0.3) is 0 Å². The van der Waals surface area contributed by atoms with E-state index in [1.54, 1.807) is 0 Å². The van der Waals surface area contributed by atoms with E-state index in [-0.39, 0.29) is 12.5 Å². The van der Waals surface area contributed by atoms with E-state index in [0.717, 1.165) is 25.7 Å².